The van der Waals surface area contributed by atoms with Crippen LogP contribution in [0, 0.1) is 0 Å². The Hall–Kier alpha value is -1.86. The zero-order valence-electron chi connectivity index (χ0n) is 18.0. The van der Waals surface area contributed by atoms with Gasteiger partial charge in [0.25, 0.3) is 0 Å². The van der Waals surface area contributed by atoms with Crippen molar-refractivity contribution in [1.29, 1.82) is 0 Å². The summed E-state index contributed by atoms with van der Waals surface area (Å²) in [7, 11) is 0. The van der Waals surface area contributed by atoms with Crippen LogP contribution in [0.25, 0.3) is 0 Å². The third-order valence-corrected chi connectivity index (χ3v) is 4.88. The number of aromatic nitrogens is 2. The van der Waals surface area contributed by atoms with Crippen molar-refractivity contribution in [1.82, 2.24) is 9.97 Å². The molecule has 2 aromatic rings. The largest absolute Gasteiger partial charge is 0.390 e. The van der Waals surface area contributed by atoms with Crippen molar-refractivity contribution in [3.8, 4) is 0 Å². The van der Waals surface area contributed by atoms with E-state index in [9.17, 15) is 0 Å². The van der Waals surface area contributed by atoms with Crippen LogP contribution < -0.4 is 0 Å². The van der Waals surface area contributed by atoms with Crippen LogP contribution in [0.1, 0.15) is 74.1 Å². The van der Waals surface area contributed by atoms with Gasteiger partial charge in [0, 0.05) is 13.2 Å². The molecule has 2 aromatic heterocycles. The molecule has 6 nitrogen and oxygen atoms in total. The Kier molecular flexibility index (Phi) is 12.9. The van der Waals surface area contributed by atoms with E-state index in [-0.39, 0.29) is 13.2 Å². The fourth-order valence-corrected chi connectivity index (χ4v) is 3.22. The summed E-state index contributed by atoms with van der Waals surface area (Å²) in [5.41, 5.74) is 3.13. The molecule has 2 heterocycles. The lowest BCUT2D eigenvalue weighted by molar-refractivity contribution is 0.113. The highest BCUT2D eigenvalue weighted by Gasteiger charge is 1.99. The lowest BCUT2D eigenvalue weighted by Gasteiger charge is -2.06. The average molecular weight is 417 g/mol. The summed E-state index contributed by atoms with van der Waals surface area (Å²) >= 11 is 0. The van der Waals surface area contributed by atoms with Crippen LogP contribution in [0.4, 0.5) is 0 Å². The van der Waals surface area contributed by atoms with Gasteiger partial charge in [-0.2, -0.15) is 0 Å². The van der Waals surface area contributed by atoms with Crippen molar-refractivity contribution < 1.29 is 19.7 Å². The number of nitrogens with zero attached hydrogens (tertiary/aromatic N) is 2. The molecule has 0 fully saturated rings. The molecule has 6 heteroatoms. The van der Waals surface area contributed by atoms with E-state index in [1.165, 1.54) is 38.5 Å². The van der Waals surface area contributed by atoms with Gasteiger partial charge in [0.2, 0.25) is 0 Å². The van der Waals surface area contributed by atoms with Gasteiger partial charge in [0.1, 0.15) is 0 Å². The van der Waals surface area contributed by atoms with E-state index in [1.54, 1.807) is 0 Å². The zero-order valence-corrected chi connectivity index (χ0v) is 18.0. The molecule has 0 aliphatic heterocycles. The Balaban J connectivity index is 1.34. The van der Waals surface area contributed by atoms with Crippen LogP contribution in [-0.4, -0.2) is 33.4 Å². The van der Waals surface area contributed by atoms with E-state index in [2.05, 4.69) is 9.97 Å². The predicted molar refractivity (Wildman–Crippen MR) is 117 cm³/mol. The first kappa shape index (κ1) is 24.4. The predicted octanol–water partition coefficient (Wildman–Crippen LogP) is 4.32. The topological polar surface area (TPSA) is 84.7 Å². The normalized spacial score (nSPS) is 11.1. The van der Waals surface area contributed by atoms with Crippen LogP contribution in [0.3, 0.4) is 0 Å². The Bertz CT molecular complexity index is 637. The van der Waals surface area contributed by atoms with Gasteiger partial charge in [0.05, 0.1) is 49.2 Å². The summed E-state index contributed by atoms with van der Waals surface area (Å²) in [4.78, 5) is 8.62. The Morgan fingerprint density at radius 1 is 0.533 bits per heavy atom. The first-order valence-corrected chi connectivity index (χ1v) is 11.1. The fourth-order valence-electron chi connectivity index (χ4n) is 3.22. The number of pyridine rings is 2. The van der Waals surface area contributed by atoms with Crippen LogP contribution in [-0.2, 0) is 35.9 Å². The van der Waals surface area contributed by atoms with Crippen molar-refractivity contribution in [3.63, 3.8) is 0 Å². The molecule has 0 radical (unpaired) electrons. The number of ether oxygens (including phenoxy) is 2. The third kappa shape index (κ3) is 10.8. The molecule has 0 bridgehead atoms. The molecule has 0 amide bonds. The van der Waals surface area contributed by atoms with E-state index < -0.39 is 0 Å². The van der Waals surface area contributed by atoms with Gasteiger partial charge in [-0.15, -0.1) is 0 Å². The smallest absolute Gasteiger partial charge is 0.0887 e. The Labute approximate surface area is 180 Å². The average Bonchev–Trinajstić information content (AvgIpc) is 2.79. The quantitative estimate of drug-likeness (QED) is 0.374. The molecule has 2 N–H and O–H groups in total. The molecule has 0 unspecified atom stereocenters. The highest BCUT2D eigenvalue weighted by atomic mass is 16.5. The molecular formula is C24H36N2O4. The molecule has 0 saturated carbocycles. The van der Waals surface area contributed by atoms with Gasteiger partial charge in [-0.3, -0.25) is 9.97 Å². The summed E-state index contributed by atoms with van der Waals surface area (Å²) in [5.74, 6) is 0. The molecule has 0 aliphatic carbocycles. The first-order valence-electron chi connectivity index (χ1n) is 11.1. The summed E-state index contributed by atoms with van der Waals surface area (Å²) in [5, 5.41) is 18.2. The summed E-state index contributed by atoms with van der Waals surface area (Å²) in [6.45, 7) is 2.49. The summed E-state index contributed by atoms with van der Waals surface area (Å²) in [6.07, 6.45) is 9.63. The van der Waals surface area contributed by atoms with Crippen molar-refractivity contribution in [3.05, 3.63) is 59.2 Å². The second-order valence-corrected chi connectivity index (χ2v) is 7.49. The van der Waals surface area contributed by atoms with Crippen LogP contribution in [0.5, 0.6) is 0 Å². The van der Waals surface area contributed by atoms with E-state index in [0.29, 0.717) is 24.6 Å². The number of unbranched alkanes of at least 4 members (excludes halogenated alkanes) is 7. The van der Waals surface area contributed by atoms with Gasteiger partial charge in [-0.25, -0.2) is 0 Å². The molecule has 0 spiro atoms. The summed E-state index contributed by atoms with van der Waals surface area (Å²) in [6, 6.07) is 11.3. The van der Waals surface area contributed by atoms with Gasteiger partial charge >= 0.3 is 0 Å². The SMILES string of the molecule is OCc1cccc(COCCCCCCCCCCOCc2cccc(CO)n2)n1. The van der Waals surface area contributed by atoms with E-state index in [0.717, 1.165) is 37.4 Å². The lowest BCUT2D eigenvalue weighted by Crippen LogP contribution is -2.00. The highest BCUT2D eigenvalue weighted by molar-refractivity contribution is 5.10. The second-order valence-electron chi connectivity index (χ2n) is 7.49. The Morgan fingerprint density at radius 3 is 1.30 bits per heavy atom. The molecule has 166 valence electrons. The van der Waals surface area contributed by atoms with Crippen molar-refractivity contribution >= 4 is 0 Å². The number of rotatable bonds is 17. The van der Waals surface area contributed by atoms with Crippen LogP contribution in [0.15, 0.2) is 36.4 Å². The maximum Gasteiger partial charge on any atom is 0.0887 e. The third-order valence-electron chi connectivity index (χ3n) is 4.88. The van der Waals surface area contributed by atoms with E-state index in [1.807, 2.05) is 36.4 Å². The zero-order chi connectivity index (χ0) is 21.3. The van der Waals surface area contributed by atoms with Crippen molar-refractivity contribution in [2.45, 2.75) is 77.8 Å². The number of aliphatic hydroxyl groups excluding tert-OH is 2. The van der Waals surface area contributed by atoms with Gasteiger partial charge in [0.15, 0.2) is 0 Å². The monoisotopic (exact) mass is 416 g/mol. The van der Waals surface area contributed by atoms with Gasteiger partial charge in [-0.1, -0.05) is 50.7 Å². The maximum absolute atomic E-state index is 9.09. The van der Waals surface area contributed by atoms with E-state index in [4.69, 9.17) is 19.7 Å². The number of hydrogen-bond acceptors (Lipinski definition) is 6. The van der Waals surface area contributed by atoms with Crippen LogP contribution in [0.2, 0.25) is 0 Å². The Morgan fingerprint density at radius 2 is 0.900 bits per heavy atom. The standard InChI is InChI=1S/C24H36N2O4/c27-17-21-11-9-13-23(25-21)19-29-15-7-5-3-1-2-4-6-8-16-30-20-24-14-10-12-22(18-28)26-24/h9-14,27-28H,1-8,15-20H2. The minimum Gasteiger partial charge on any atom is -0.390 e. The lowest BCUT2D eigenvalue weighted by atomic mass is 10.1. The number of aliphatic hydroxyl groups is 2. The molecule has 0 aliphatic rings. The van der Waals surface area contributed by atoms with Gasteiger partial charge < -0.3 is 19.7 Å². The maximum atomic E-state index is 9.09. The van der Waals surface area contributed by atoms with Crippen molar-refractivity contribution in [2.24, 2.45) is 0 Å². The minimum atomic E-state index is -0.0295. The molecule has 2 rings (SSSR count). The van der Waals surface area contributed by atoms with E-state index >= 15 is 0 Å². The number of hydrogen-bond donors (Lipinski definition) is 2. The molecule has 30 heavy (non-hydrogen) atoms. The molecule has 0 saturated heterocycles. The van der Waals surface area contributed by atoms with Crippen molar-refractivity contribution in [2.75, 3.05) is 13.2 Å². The minimum absolute atomic E-state index is 0.0295. The van der Waals surface area contributed by atoms with Crippen LogP contribution >= 0.6 is 0 Å². The molecule has 0 aromatic carbocycles. The molecule has 0 atom stereocenters. The highest BCUT2D eigenvalue weighted by Crippen LogP contribution is 2.10. The second kappa shape index (κ2) is 15.9. The summed E-state index contributed by atoms with van der Waals surface area (Å²) < 4.78 is 11.3. The van der Waals surface area contributed by atoms with Gasteiger partial charge in [-0.05, 0) is 37.1 Å². The molecular weight excluding hydrogens is 380 g/mol. The fraction of sp³-hybridized carbons (Fsp3) is 0.583. The first-order chi connectivity index (χ1) is 14.8.